The van der Waals surface area contributed by atoms with Crippen LogP contribution in [0.3, 0.4) is 0 Å². The maximum absolute atomic E-state index is 6.07. The minimum absolute atomic E-state index is 0.189. The summed E-state index contributed by atoms with van der Waals surface area (Å²) in [5.41, 5.74) is 8.63. The van der Waals surface area contributed by atoms with E-state index < -0.39 is 0 Å². The van der Waals surface area contributed by atoms with Crippen molar-refractivity contribution >= 4 is 0 Å². The van der Waals surface area contributed by atoms with Crippen LogP contribution in [0.5, 0.6) is 0 Å². The monoisotopic (exact) mass is 256 g/mol. The van der Waals surface area contributed by atoms with Crippen molar-refractivity contribution < 1.29 is 0 Å². The molecule has 2 aromatic rings. The third-order valence-electron chi connectivity index (χ3n) is 4.33. The lowest BCUT2D eigenvalue weighted by Crippen LogP contribution is -2.37. The molecule has 0 unspecified atom stereocenters. The molecule has 19 heavy (non-hydrogen) atoms. The van der Waals surface area contributed by atoms with Crippen molar-refractivity contribution in [2.45, 2.75) is 37.5 Å². The van der Waals surface area contributed by atoms with Gasteiger partial charge in [-0.1, -0.05) is 31.4 Å². The molecule has 1 saturated carbocycles. The summed E-state index contributed by atoms with van der Waals surface area (Å²) in [5, 5.41) is 8.29. The Bertz CT molecular complexity index is 510. The van der Waals surface area contributed by atoms with Gasteiger partial charge in [0, 0.05) is 12.0 Å². The van der Waals surface area contributed by atoms with Gasteiger partial charge in [-0.25, -0.2) is 0 Å². The average molecular weight is 256 g/mol. The third-order valence-corrected chi connectivity index (χ3v) is 4.33. The molecule has 1 heterocycles. The smallest absolute Gasteiger partial charge is 0.0856 e. The highest BCUT2D eigenvalue weighted by atomic mass is 15.5. The van der Waals surface area contributed by atoms with Gasteiger partial charge < -0.3 is 5.73 Å². The van der Waals surface area contributed by atoms with Crippen molar-refractivity contribution in [3.63, 3.8) is 0 Å². The highest BCUT2D eigenvalue weighted by Crippen LogP contribution is 2.38. The largest absolute Gasteiger partial charge is 0.330 e. The first-order valence-electron chi connectivity index (χ1n) is 7.01. The Morgan fingerprint density at radius 2 is 1.63 bits per heavy atom. The molecule has 0 atom stereocenters. The molecule has 1 aromatic carbocycles. The lowest BCUT2D eigenvalue weighted by molar-refractivity contribution is 0.301. The number of aromatic nitrogens is 3. The van der Waals surface area contributed by atoms with Crippen LogP contribution in [0.1, 0.15) is 37.7 Å². The van der Waals surface area contributed by atoms with Crippen molar-refractivity contribution in [1.29, 1.82) is 0 Å². The van der Waals surface area contributed by atoms with Gasteiger partial charge >= 0.3 is 0 Å². The van der Waals surface area contributed by atoms with Crippen LogP contribution in [0.15, 0.2) is 36.7 Å². The summed E-state index contributed by atoms with van der Waals surface area (Å²) in [5.74, 6) is 0. The van der Waals surface area contributed by atoms with Gasteiger partial charge in [-0.3, -0.25) is 0 Å². The number of nitrogens with two attached hydrogens (primary N) is 1. The van der Waals surface area contributed by atoms with E-state index in [1.165, 1.54) is 37.7 Å². The quantitative estimate of drug-likeness (QED) is 0.917. The normalized spacial score (nSPS) is 18.4. The average Bonchev–Trinajstić information content (AvgIpc) is 3.02. The molecule has 0 bridgehead atoms. The second-order valence-electron chi connectivity index (χ2n) is 5.41. The number of hydrogen-bond acceptors (Lipinski definition) is 3. The molecule has 100 valence electrons. The van der Waals surface area contributed by atoms with E-state index in [0.717, 1.165) is 12.2 Å². The summed E-state index contributed by atoms with van der Waals surface area (Å²) in [4.78, 5) is 1.64. The molecule has 2 N–H and O–H groups in total. The van der Waals surface area contributed by atoms with Crippen molar-refractivity contribution in [2.75, 3.05) is 6.54 Å². The van der Waals surface area contributed by atoms with Gasteiger partial charge in [-0.15, -0.1) is 0 Å². The minimum atomic E-state index is 0.189. The molecule has 0 saturated heterocycles. The Kier molecular flexibility index (Phi) is 3.34. The number of nitrogens with zero attached hydrogens (tertiary/aromatic N) is 3. The fourth-order valence-corrected chi connectivity index (χ4v) is 3.14. The summed E-state index contributed by atoms with van der Waals surface area (Å²) < 4.78 is 0. The topological polar surface area (TPSA) is 56.7 Å². The van der Waals surface area contributed by atoms with Crippen LogP contribution < -0.4 is 5.73 Å². The predicted molar refractivity (Wildman–Crippen MR) is 75.2 cm³/mol. The van der Waals surface area contributed by atoms with E-state index in [-0.39, 0.29) is 5.41 Å². The molecule has 4 heteroatoms. The Morgan fingerprint density at radius 1 is 1.00 bits per heavy atom. The van der Waals surface area contributed by atoms with Gasteiger partial charge in [0.05, 0.1) is 18.1 Å². The second-order valence-corrected chi connectivity index (χ2v) is 5.41. The first-order chi connectivity index (χ1) is 9.34. The molecule has 0 amide bonds. The maximum Gasteiger partial charge on any atom is 0.0856 e. The van der Waals surface area contributed by atoms with Crippen LogP contribution in [-0.2, 0) is 5.41 Å². The van der Waals surface area contributed by atoms with E-state index in [4.69, 9.17) is 5.73 Å². The van der Waals surface area contributed by atoms with Crippen LogP contribution in [0.4, 0.5) is 0 Å². The Hall–Kier alpha value is -1.68. The SMILES string of the molecule is NCC1(c2ccc(-n3nccn3)cc2)CCCCC1. The fourth-order valence-electron chi connectivity index (χ4n) is 3.14. The van der Waals surface area contributed by atoms with Crippen LogP contribution in [0, 0.1) is 0 Å². The molecule has 1 aliphatic rings. The van der Waals surface area contributed by atoms with Crippen molar-refractivity contribution in [2.24, 2.45) is 5.73 Å². The van der Waals surface area contributed by atoms with E-state index in [0.29, 0.717) is 0 Å². The number of rotatable bonds is 3. The lowest BCUT2D eigenvalue weighted by Gasteiger charge is -2.36. The van der Waals surface area contributed by atoms with Crippen molar-refractivity contribution in [3.05, 3.63) is 42.2 Å². The molecular weight excluding hydrogens is 236 g/mol. The van der Waals surface area contributed by atoms with Crippen molar-refractivity contribution in [1.82, 2.24) is 15.0 Å². The van der Waals surface area contributed by atoms with E-state index in [1.807, 2.05) is 0 Å². The molecular formula is C15H20N4. The van der Waals surface area contributed by atoms with Crippen molar-refractivity contribution in [3.8, 4) is 5.69 Å². The molecule has 0 aliphatic heterocycles. The number of hydrogen-bond donors (Lipinski definition) is 1. The summed E-state index contributed by atoms with van der Waals surface area (Å²) in [6, 6.07) is 8.55. The van der Waals surface area contributed by atoms with Gasteiger partial charge in [0.25, 0.3) is 0 Å². The third kappa shape index (κ3) is 2.28. The molecule has 0 radical (unpaired) electrons. The highest BCUT2D eigenvalue weighted by molar-refractivity contribution is 5.36. The molecule has 3 rings (SSSR count). The van der Waals surface area contributed by atoms with E-state index >= 15 is 0 Å². The van der Waals surface area contributed by atoms with E-state index in [1.54, 1.807) is 17.2 Å². The predicted octanol–water partition coefficient (Wildman–Crippen LogP) is 2.43. The zero-order chi connectivity index (χ0) is 13.1. The summed E-state index contributed by atoms with van der Waals surface area (Å²) >= 11 is 0. The van der Waals surface area contributed by atoms with E-state index in [2.05, 4.69) is 34.5 Å². The van der Waals surface area contributed by atoms with E-state index in [9.17, 15) is 0 Å². The van der Waals surface area contributed by atoms with Crippen LogP contribution in [-0.4, -0.2) is 21.5 Å². The zero-order valence-electron chi connectivity index (χ0n) is 11.1. The fraction of sp³-hybridized carbons (Fsp3) is 0.467. The Morgan fingerprint density at radius 3 is 2.21 bits per heavy atom. The first kappa shape index (κ1) is 12.4. The van der Waals surface area contributed by atoms with Gasteiger partial charge in [-0.2, -0.15) is 15.0 Å². The van der Waals surface area contributed by atoms with Gasteiger partial charge in [0.1, 0.15) is 0 Å². The van der Waals surface area contributed by atoms with Crippen LogP contribution in [0.2, 0.25) is 0 Å². The maximum atomic E-state index is 6.07. The minimum Gasteiger partial charge on any atom is -0.330 e. The Balaban J connectivity index is 1.89. The molecule has 1 aliphatic carbocycles. The molecule has 0 spiro atoms. The zero-order valence-corrected chi connectivity index (χ0v) is 11.1. The first-order valence-corrected chi connectivity index (χ1v) is 7.01. The Labute approximate surface area is 113 Å². The van der Waals surface area contributed by atoms with Gasteiger partial charge in [-0.05, 0) is 30.5 Å². The molecule has 1 fully saturated rings. The highest BCUT2D eigenvalue weighted by Gasteiger charge is 2.32. The standard InChI is InChI=1S/C15H20N4/c16-12-15(8-2-1-3-9-15)13-4-6-14(7-5-13)19-17-10-11-18-19/h4-7,10-11H,1-3,8-9,12,16H2. The van der Waals surface area contributed by atoms with Gasteiger partial charge in [0.15, 0.2) is 0 Å². The second kappa shape index (κ2) is 5.13. The lowest BCUT2D eigenvalue weighted by atomic mass is 9.69. The van der Waals surface area contributed by atoms with Crippen LogP contribution >= 0.6 is 0 Å². The van der Waals surface area contributed by atoms with Crippen LogP contribution in [0.25, 0.3) is 5.69 Å². The number of benzene rings is 1. The molecule has 4 nitrogen and oxygen atoms in total. The van der Waals surface area contributed by atoms with Gasteiger partial charge in [0.2, 0.25) is 0 Å². The summed E-state index contributed by atoms with van der Waals surface area (Å²) in [6.07, 6.45) is 9.73. The summed E-state index contributed by atoms with van der Waals surface area (Å²) in [7, 11) is 0. The molecule has 1 aromatic heterocycles. The summed E-state index contributed by atoms with van der Waals surface area (Å²) in [6.45, 7) is 0.742.